The first-order valence-electron chi connectivity index (χ1n) is 4.66. The Morgan fingerprint density at radius 1 is 1.64 bits per heavy atom. The van der Waals surface area contributed by atoms with E-state index in [1.807, 2.05) is 0 Å². The molecule has 0 radical (unpaired) electrons. The molecule has 1 saturated heterocycles. The van der Waals surface area contributed by atoms with Crippen molar-refractivity contribution in [3.05, 3.63) is 20.8 Å². The van der Waals surface area contributed by atoms with Crippen molar-refractivity contribution in [3.63, 3.8) is 0 Å². The molecule has 0 aliphatic carbocycles. The van der Waals surface area contributed by atoms with Crippen molar-refractivity contribution < 1.29 is 4.74 Å². The number of halogens is 1. The highest BCUT2D eigenvalue weighted by Gasteiger charge is 2.29. The molecule has 4 heteroatoms. The summed E-state index contributed by atoms with van der Waals surface area (Å²) in [6, 6.07) is 2.50. The van der Waals surface area contributed by atoms with Gasteiger partial charge in [-0.25, -0.2) is 0 Å². The van der Waals surface area contributed by atoms with Crippen LogP contribution in [-0.4, -0.2) is 18.8 Å². The molecule has 1 aliphatic rings. The number of thiophene rings is 1. The Labute approximate surface area is 96.8 Å². The highest BCUT2D eigenvalue weighted by atomic mass is 79.9. The minimum absolute atomic E-state index is 0.0827. The van der Waals surface area contributed by atoms with Crippen LogP contribution >= 0.6 is 27.3 Å². The smallest absolute Gasteiger partial charge is 0.0670 e. The molecule has 1 atom stereocenters. The van der Waals surface area contributed by atoms with Gasteiger partial charge in [-0.1, -0.05) is 0 Å². The summed E-state index contributed by atoms with van der Waals surface area (Å²) >= 11 is 5.24. The van der Waals surface area contributed by atoms with E-state index < -0.39 is 0 Å². The molecule has 0 saturated carbocycles. The van der Waals surface area contributed by atoms with Gasteiger partial charge in [0, 0.05) is 20.3 Å². The van der Waals surface area contributed by atoms with E-state index in [1.165, 1.54) is 4.88 Å². The lowest BCUT2D eigenvalue weighted by Crippen LogP contribution is -2.51. The van der Waals surface area contributed by atoms with Gasteiger partial charge in [-0.2, -0.15) is 0 Å². The summed E-state index contributed by atoms with van der Waals surface area (Å²) in [5, 5.41) is 5.70. The zero-order valence-electron chi connectivity index (χ0n) is 8.34. The Kier molecular flexibility index (Phi) is 2.98. The van der Waals surface area contributed by atoms with Crippen LogP contribution in [0.4, 0.5) is 0 Å². The van der Waals surface area contributed by atoms with Crippen molar-refractivity contribution in [1.29, 1.82) is 0 Å². The van der Waals surface area contributed by atoms with Crippen LogP contribution < -0.4 is 5.32 Å². The number of rotatable bonds is 1. The first-order chi connectivity index (χ1) is 6.57. The second-order valence-electron chi connectivity index (χ2n) is 4.26. The molecule has 0 aromatic carbocycles. The standard InChI is InChI=1S/C10H14BrNOS/c1-10(2)6-13-4-8(12-10)9-3-7(11)5-14-9/h3,5,8,12H,4,6H2,1-2H3. The average Bonchev–Trinajstić information content (AvgIpc) is 2.50. The first kappa shape index (κ1) is 10.6. The predicted octanol–water partition coefficient (Wildman–Crippen LogP) is 2.95. The molecule has 0 bridgehead atoms. The van der Waals surface area contributed by atoms with Crippen LogP contribution in [0.2, 0.25) is 0 Å². The minimum atomic E-state index is 0.0827. The number of hydrogen-bond acceptors (Lipinski definition) is 3. The third-order valence-corrected chi connectivity index (χ3v) is 4.05. The maximum Gasteiger partial charge on any atom is 0.0670 e. The van der Waals surface area contributed by atoms with Gasteiger partial charge >= 0.3 is 0 Å². The fourth-order valence-corrected chi connectivity index (χ4v) is 3.13. The van der Waals surface area contributed by atoms with Crippen molar-refractivity contribution in [1.82, 2.24) is 5.32 Å². The lowest BCUT2D eigenvalue weighted by atomic mass is 10.0. The minimum Gasteiger partial charge on any atom is -0.378 e. The Hall–Kier alpha value is 0.1000. The summed E-state index contributed by atoms with van der Waals surface area (Å²) in [6.45, 7) is 5.90. The van der Waals surface area contributed by atoms with E-state index in [0.717, 1.165) is 17.7 Å². The Balaban J connectivity index is 2.12. The molecule has 2 nitrogen and oxygen atoms in total. The normalized spacial score (nSPS) is 26.4. The van der Waals surface area contributed by atoms with Crippen molar-refractivity contribution in [2.45, 2.75) is 25.4 Å². The third-order valence-electron chi connectivity index (χ3n) is 2.24. The van der Waals surface area contributed by atoms with Crippen molar-refractivity contribution in [2.75, 3.05) is 13.2 Å². The van der Waals surface area contributed by atoms with E-state index in [1.54, 1.807) is 11.3 Å². The fourth-order valence-electron chi connectivity index (χ4n) is 1.65. The average molecular weight is 276 g/mol. The van der Waals surface area contributed by atoms with E-state index >= 15 is 0 Å². The third kappa shape index (κ3) is 2.37. The maximum absolute atomic E-state index is 5.59. The quantitative estimate of drug-likeness (QED) is 0.851. The summed E-state index contributed by atoms with van der Waals surface area (Å²) in [5.74, 6) is 0. The molecule has 1 aliphatic heterocycles. The summed E-state index contributed by atoms with van der Waals surface area (Å²) in [5.41, 5.74) is 0.0827. The Bertz CT molecular complexity index is 324. The van der Waals surface area contributed by atoms with E-state index in [-0.39, 0.29) is 5.54 Å². The molecule has 1 aromatic heterocycles. The maximum atomic E-state index is 5.59. The summed E-state index contributed by atoms with van der Waals surface area (Å²) in [6.07, 6.45) is 0. The van der Waals surface area contributed by atoms with E-state index in [0.29, 0.717) is 6.04 Å². The van der Waals surface area contributed by atoms with Crippen LogP contribution in [-0.2, 0) is 4.74 Å². The highest BCUT2D eigenvalue weighted by molar-refractivity contribution is 9.10. The van der Waals surface area contributed by atoms with Gasteiger partial charge in [0.25, 0.3) is 0 Å². The van der Waals surface area contributed by atoms with Gasteiger partial charge in [0.05, 0.1) is 19.3 Å². The van der Waals surface area contributed by atoms with Crippen molar-refractivity contribution >= 4 is 27.3 Å². The number of ether oxygens (including phenoxy) is 1. The number of morpholine rings is 1. The molecule has 1 N–H and O–H groups in total. The van der Waals surface area contributed by atoms with Gasteiger partial charge in [-0.05, 0) is 35.8 Å². The van der Waals surface area contributed by atoms with E-state index in [9.17, 15) is 0 Å². The van der Waals surface area contributed by atoms with Crippen molar-refractivity contribution in [3.8, 4) is 0 Å². The molecule has 0 spiro atoms. The van der Waals surface area contributed by atoms with Crippen LogP contribution in [0.5, 0.6) is 0 Å². The number of nitrogens with one attached hydrogen (secondary N) is 1. The molecule has 2 heterocycles. The molecule has 1 unspecified atom stereocenters. The zero-order valence-corrected chi connectivity index (χ0v) is 10.7. The largest absolute Gasteiger partial charge is 0.378 e. The molecular weight excluding hydrogens is 262 g/mol. The summed E-state index contributed by atoms with van der Waals surface area (Å²) in [4.78, 5) is 1.34. The number of hydrogen-bond donors (Lipinski definition) is 1. The van der Waals surface area contributed by atoms with Gasteiger partial charge in [0.2, 0.25) is 0 Å². The van der Waals surface area contributed by atoms with Gasteiger partial charge in [-0.15, -0.1) is 11.3 Å². The van der Waals surface area contributed by atoms with Gasteiger partial charge < -0.3 is 10.1 Å². The first-order valence-corrected chi connectivity index (χ1v) is 6.33. The molecule has 1 fully saturated rings. The van der Waals surface area contributed by atoms with Crippen LogP contribution in [0, 0.1) is 0 Å². The summed E-state index contributed by atoms with van der Waals surface area (Å²) < 4.78 is 6.75. The Morgan fingerprint density at radius 3 is 3.00 bits per heavy atom. The van der Waals surface area contributed by atoms with Gasteiger partial charge in [0.15, 0.2) is 0 Å². The van der Waals surface area contributed by atoms with Crippen LogP contribution in [0.1, 0.15) is 24.8 Å². The van der Waals surface area contributed by atoms with Crippen LogP contribution in [0.15, 0.2) is 15.9 Å². The molecule has 14 heavy (non-hydrogen) atoms. The second-order valence-corrected chi connectivity index (χ2v) is 6.12. The molecule has 2 rings (SSSR count). The highest BCUT2D eigenvalue weighted by Crippen LogP contribution is 2.29. The SMILES string of the molecule is CC1(C)COCC(c2cc(Br)cs2)N1. The lowest BCUT2D eigenvalue weighted by molar-refractivity contribution is 0.0136. The molecular formula is C10H14BrNOS. The monoisotopic (exact) mass is 275 g/mol. The van der Waals surface area contributed by atoms with E-state index in [2.05, 4.69) is 46.5 Å². The second kappa shape index (κ2) is 3.93. The van der Waals surface area contributed by atoms with Gasteiger partial charge in [0.1, 0.15) is 0 Å². The van der Waals surface area contributed by atoms with Crippen LogP contribution in [0.3, 0.4) is 0 Å². The predicted molar refractivity (Wildman–Crippen MR) is 62.8 cm³/mol. The lowest BCUT2D eigenvalue weighted by Gasteiger charge is -2.36. The fraction of sp³-hybridized carbons (Fsp3) is 0.600. The zero-order chi connectivity index (χ0) is 10.2. The van der Waals surface area contributed by atoms with Gasteiger partial charge in [-0.3, -0.25) is 0 Å². The van der Waals surface area contributed by atoms with E-state index in [4.69, 9.17) is 4.74 Å². The van der Waals surface area contributed by atoms with Crippen LogP contribution in [0.25, 0.3) is 0 Å². The molecule has 1 aromatic rings. The van der Waals surface area contributed by atoms with Crippen molar-refractivity contribution in [2.24, 2.45) is 0 Å². The Morgan fingerprint density at radius 2 is 2.43 bits per heavy atom. The summed E-state index contributed by atoms with van der Waals surface area (Å²) in [7, 11) is 0. The topological polar surface area (TPSA) is 21.3 Å². The molecule has 78 valence electrons. The molecule has 0 amide bonds.